The molecule has 16 heavy (non-hydrogen) atoms. The van der Waals surface area contributed by atoms with Crippen molar-refractivity contribution in [2.45, 2.75) is 20.3 Å². The monoisotopic (exact) mass is 232 g/mol. The van der Waals surface area contributed by atoms with E-state index in [1.54, 1.807) is 11.3 Å². The minimum atomic E-state index is 0.667. The Morgan fingerprint density at radius 3 is 2.81 bits per heavy atom. The molecule has 0 atom stereocenters. The van der Waals surface area contributed by atoms with Crippen LogP contribution >= 0.6 is 11.3 Å². The van der Waals surface area contributed by atoms with Crippen LogP contribution in [0.1, 0.15) is 15.4 Å². The van der Waals surface area contributed by atoms with Gasteiger partial charge < -0.3 is 5.73 Å². The summed E-state index contributed by atoms with van der Waals surface area (Å²) < 4.78 is 0. The zero-order valence-electron chi connectivity index (χ0n) is 9.66. The highest BCUT2D eigenvalue weighted by Crippen LogP contribution is 2.28. The Morgan fingerprint density at radius 1 is 1.31 bits per heavy atom. The summed E-state index contributed by atoms with van der Waals surface area (Å²) >= 11 is 1.75. The summed E-state index contributed by atoms with van der Waals surface area (Å²) in [5.41, 5.74) is 9.13. The van der Waals surface area contributed by atoms with Gasteiger partial charge in [-0.2, -0.15) is 0 Å². The lowest BCUT2D eigenvalue weighted by atomic mass is 10.1. The second kappa shape index (κ2) is 4.76. The van der Waals surface area contributed by atoms with Crippen molar-refractivity contribution >= 4 is 11.3 Å². The maximum absolute atomic E-state index is 5.55. The molecule has 2 rings (SSSR count). The molecule has 0 radical (unpaired) electrons. The molecule has 0 unspecified atom stereocenters. The van der Waals surface area contributed by atoms with Crippen LogP contribution < -0.4 is 5.73 Å². The topological polar surface area (TPSA) is 38.9 Å². The molecule has 1 heterocycles. The van der Waals surface area contributed by atoms with E-state index in [9.17, 15) is 0 Å². The Morgan fingerprint density at radius 2 is 2.12 bits per heavy atom. The predicted octanol–water partition coefficient (Wildman–Crippen LogP) is 2.93. The van der Waals surface area contributed by atoms with Crippen LogP contribution in [0.15, 0.2) is 24.3 Å². The predicted molar refractivity (Wildman–Crippen MR) is 69.8 cm³/mol. The molecule has 1 aromatic heterocycles. The molecular formula is C13H16N2S. The van der Waals surface area contributed by atoms with Crippen LogP contribution in [0.4, 0.5) is 0 Å². The van der Waals surface area contributed by atoms with Crippen molar-refractivity contribution in [3.63, 3.8) is 0 Å². The van der Waals surface area contributed by atoms with Gasteiger partial charge in [-0.05, 0) is 26.5 Å². The number of nitrogens with zero attached hydrogens (tertiary/aromatic N) is 1. The Bertz CT molecular complexity index is 488. The van der Waals surface area contributed by atoms with Crippen molar-refractivity contribution in [1.82, 2.24) is 4.98 Å². The number of nitrogens with two attached hydrogens (primary N) is 1. The first-order valence-electron chi connectivity index (χ1n) is 5.44. The second-order valence-corrected chi connectivity index (χ2v) is 5.21. The first kappa shape index (κ1) is 11.3. The third-order valence-electron chi connectivity index (χ3n) is 2.49. The Kier molecular flexibility index (Phi) is 3.36. The van der Waals surface area contributed by atoms with E-state index in [0.717, 1.165) is 17.1 Å². The summed E-state index contributed by atoms with van der Waals surface area (Å²) in [6.45, 7) is 4.89. The molecule has 0 saturated heterocycles. The number of aromatic nitrogens is 1. The SMILES string of the molecule is Cc1cccc(-c2nc(CCN)sc2C)c1. The lowest BCUT2D eigenvalue weighted by Crippen LogP contribution is -2.01. The third-order valence-corrected chi connectivity index (χ3v) is 3.52. The van der Waals surface area contributed by atoms with Gasteiger partial charge >= 0.3 is 0 Å². The lowest BCUT2D eigenvalue weighted by molar-refractivity contribution is 0.954. The molecule has 2 nitrogen and oxygen atoms in total. The standard InChI is InChI=1S/C13H16N2S/c1-9-4-3-5-11(8-9)13-10(2)16-12(15-13)6-7-14/h3-5,8H,6-7,14H2,1-2H3. The van der Waals surface area contributed by atoms with Gasteiger partial charge in [-0.1, -0.05) is 23.8 Å². The van der Waals surface area contributed by atoms with Crippen molar-refractivity contribution in [3.05, 3.63) is 39.7 Å². The van der Waals surface area contributed by atoms with Crippen LogP contribution in [-0.2, 0) is 6.42 Å². The highest BCUT2D eigenvalue weighted by Gasteiger charge is 2.09. The van der Waals surface area contributed by atoms with Gasteiger partial charge in [-0.15, -0.1) is 11.3 Å². The summed E-state index contributed by atoms with van der Waals surface area (Å²) in [5, 5.41) is 1.14. The van der Waals surface area contributed by atoms with Crippen molar-refractivity contribution in [2.24, 2.45) is 5.73 Å². The number of benzene rings is 1. The largest absolute Gasteiger partial charge is 0.330 e. The lowest BCUT2D eigenvalue weighted by Gasteiger charge is -1.99. The van der Waals surface area contributed by atoms with Gasteiger partial charge in [0.2, 0.25) is 0 Å². The highest BCUT2D eigenvalue weighted by atomic mass is 32.1. The highest BCUT2D eigenvalue weighted by molar-refractivity contribution is 7.12. The number of hydrogen-bond donors (Lipinski definition) is 1. The Labute approximate surface area is 100 Å². The molecule has 0 spiro atoms. The fraction of sp³-hybridized carbons (Fsp3) is 0.308. The third kappa shape index (κ3) is 2.31. The van der Waals surface area contributed by atoms with Gasteiger partial charge in [-0.3, -0.25) is 0 Å². The van der Waals surface area contributed by atoms with Gasteiger partial charge in [0.15, 0.2) is 0 Å². The summed E-state index contributed by atoms with van der Waals surface area (Å²) in [4.78, 5) is 5.92. The average Bonchev–Trinajstić information content (AvgIpc) is 2.60. The molecule has 0 aliphatic heterocycles. The number of aryl methyl sites for hydroxylation is 2. The number of hydrogen-bond acceptors (Lipinski definition) is 3. The summed E-state index contributed by atoms with van der Waals surface area (Å²) in [7, 11) is 0. The van der Waals surface area contributed by atoms with Gasteiger partial charge in [0.05, 0.1) is 10.7 Å². The van der Waals surface area contributed by atoms with Crippen molar-refractivity contribution in [1.29, 1.82) is 0 Å². The molecule has 0 saturated carbocycles. The quantitative estimate of drug-likeness (QED) is 0.883. The van der Waals surface area contributed by atoms with E-state index in [4.69, 9.17) is 5.73 Å². The van der Waals surface area contributed by atoms with Crippen molar-refractivity contribution in [2.75, 3.05) is 6.54 Å². The normalized spacial score (nSPS) is 10.7. The van der Waals surface area contributed by atoms with Crippen LogP contribution in [0, 0.1) is 13.8 Å². The molecule has 84 valence electrons. The van der Waals surface area contributed by atoms with E-state index >= 15 is 0 Å². The molecule has 0 amide bonds. The molecule has 2 N–H and O–H groups in total. The maximum atomic E-state index is 5.55. The molecule has 0 aliphatic carbocycles. The fourth-order valence-corrected chi connectivity index (χ4v) is 2.71. The molecule has 0 aliphatic rings. The van der Waals surface area contributed by atoms with Crippen LogP contribution in [0.3, 0.4) is 0 Å². The summed E-state index contributed by atoms with van der Waals surface area (Å²) in [6.07, 6.45) is 0.872. The van der Waals surface area contributed by atoms with Crippen molar-refractivity contribution < 1.29 is 0 Å². The molecule has 0 bridgehead atoms. The number of thiazole rings is 1. The average molecular weight is 232 g/mol. The molecule has 3 heteroatoms. The van der Waals surface area contributed by atoms with E-state index in [1.807, 2.05) is 0 Å². The molecule has 2 aromatic rings. The van der Waals surface area contributed by atoms with Gasteiger partial charge in [0.25, 0.3) is 0 Å². The van der Waals surface area contributed by atoms with Gasteiger partial charge in [0.1, 0.15) is 0 Å². The molecule has 0 fully saturated rings. The maximum Gasteiger partial charge on any atom is 0.0947 e. The Hall–Kier alpha value is -1.19. The zero-order chi connectivity index (χ0) is 11.5. The molecular weight excluding hydrogens is 216 g/mol. The first-order valence-corrected chi connectivity index (χ1v) is 6.26. The van der Waals surface area contributed by atoms with E-state index in [-0.39, 0.29) is 0 Å². The van der Waals surface area contributed by atoms with Crippen LogP contribution in [0.2, 0.25) is 0 Å². The van der Waals surface area contributed by atoms with Crippen LogP contribution in [-0.4, -0.2) is 11.5 Å². The van der Waals surface area contributed by atoms with E-state index in [0.29, 0.717) is 6.54 Å². The second-order valence-electron chi connectivity index (χ2n) is 3.92. The van der Waals surface area contributed by atoms with E-state index < -0.39 is 0 Å². The first-order chi connectivity index (χ1) is 7.70. The smallest absolute Gasteiger partial charge is 0.0947 e. The van der Waals surface area contributed by atoms with Crippen LogP contribution in [0.25, 0.3) is 11.3 Å². The Balaban J connectivity index is 2.40. The number of rotatable bonds is 3. The molecule has 1 aromatic carbocycles. The van der Waals surface area contributed by atoms with Gasteiger partial charge in [-0.25, -0.2) is 4.98 Å². The van der Waals surface area contributed by atoms with Gasteiger partial charge in [0, 0.05) is 16.9 Å². The minimum absolute atomic E-state index is 0.667. The van der Waals surface area contributed by atoms with Crippen LogP contribution in [0.5, 0.6) is 0 Å². The van der Waals surface area contributed by atoms with E-state index in [1.165, 1.54) is 16.0 Å². The van der Waals surface area contributed by atoms with Crippen molar-refractivity contribution in [3.8, 4) is 11.3 Å². The summed E-state index contributed by atoms with van der Waals surface area (Å²) in [6, 6.07) is 8.47. The summed E-state index contributed by atoms with van der Waals surface area (Å²) in [5.74, 6) is 0. The minimum Gasteiger partial charge on any atom is -0.330 e. The fourth-order valence-electron chi connectivity index (χ4n) is 1.74. The van der Waals surface area contributed by atoms with E-state index in [2.05, 4.69) is 43.1 Å². The zero-order valence-corrected chi connectivity index (χ0v) is 10.5.